The van der Waals surface area contributed by atoms with E-state index in [0.717, 1.165) is 31.5 Å². The summed E-state index contributed by atoms with van der Waals surface area (Å²) in [4.78, 5) is 28.7. The number of amides is 2. The molecule has 0 radical (unpaired) electrons. The number of carbonyl (C=O) groups is 2. The molecule has 2 amide bonds. The average Bonchev–Trinajstić information content (AvgIpc) is 3.15. The molecule has 124 valence electrons. The van der Waals surface area contributed by atoms with Crippen LogP contribution in [0.2, 0.25) is 0 Å². The van der Waals surface area contributed by atoms with Crippen molar-refractivity contribution in [2.45, 2.75) is 19.8 Å². The van der Waals surface area contributed by atoms with Gasteiger partial charge in [0.1, 0.15) is 0 Å². The van der Waals surface area contributed by atoms with E-state index in [1.807, 2.05) is 34.1 Å². The van der Waals surface area contributed by atoms with Crippen molar-refractivity contribution in [1.82, 2.24) is 15.1 Å². The zero-order valence-electron chi connectivity index (χ0n) is 13.8. The molecule has 0 spiro atoms. The number of benzene rings is 1. The van der Waals surface area contributed by atoms with E-state index in [2.05, 4.69) is 12.2 Å². The van der Waals surface area contributed by atoms with Gasteiger partial charge in [-0.1, -0.05) is 19.1 Å². The molecule has 0 saturated carbocycles. The van der Waals surface area contributed by atoms with Crippen LogP contribution in [0.25, 0.3) is 0 Å². The van der Waals surface area contributed by atoms with Crippen molar-refractivity contribution >= 4 is 11.8 Å². The quantitative estimate of drug-likeness (QED) is 0.910. The van der Waals surface area contributed by atoms with Crippen molar-refractivity contribution in [2.24, 2.45) is 5.92 Å². The van der Waals surface area contributed by atoms with E-state index in [-0.39, 0.29) is 17.7 Å². The van der Waals surface area contributed by atoms with Crippen LogP contribution in [0.3, 0.4) is 0 Å². The van der Waals surface area contributed by atoms with Crippen molar-refractivity contribution in [3.8, 4) is 0 Å². The van der Waals surface area contributed by atoms with E-state index in [9.17, 15) is 9.59 Å². The van der Waals surface area contributed by atoms with Crippen LogP contribution >= 0.6 is 0 Å². The van der Waals surface area contributed by atoms with Gasteiger partial charge in [0.2, 0.25) is 5.91 Å². The van der Waals surface area contributed by atoms with E-state index in [1.165, 1.54) is 5.56 Å². The number of rotatable bonds is 3. The Bertz CT molecular complexity index is 556. The zero-order chi connectivity index (χ0) is 16.2. The summed E-state index contributed by atoms with van der Waals surface area (Å²) in [5.41, 5.74) is 1.98. The minimum absolute atomic E-state index is 0.0716. The molecule has 2 aliphatic heterocycles. The SMILES string of the molecule is CCc1ccc(C(=O)N2CCN(C(=O)C3CCNC3)CC2)cc1. The van der Waals surface area contributed by atoms with Gasteiger partial charge in [0.25, 0.3) is 5.91 Å². The number of nitrogens with zero attached hydrogens (tertiary/aromatic N) is 2. The molecule has 1 aromatic rings. The highest BCUT2D eigenvalue weighted by molar-refractivity contribution is 5.94. The fraction of sp³-hybridized carbons (Fsp3) is 0.556. The molecule has 1 unspecified atom stereocenters. The van der Waals surface area contributed by atoms with Gasteiger partial charge in [-0.15, -0.1) is 0 Å². The van der Waals surface area contributed by atoms with E-state index < -0.39 is 0 Å². The highest BCUT2D eigenvalue weighted by Crippen LogP contribution is 2.15. The van der Waals surface area contributed by atoms with Gasteiger partial charge in [-0.2, -0.15) is 0 Å². The van der Waals surface area contributed by atoms with Gasteiger partial charge >= 0.3 is 0 Å². The van der Waals surface area contributed by atoms with Gasteiger partial charge < -0.3 is 15.1 Å². The van der Waals surface area contributed by atoms with Crippen LogP contribution in [0, 0.1) is 5.92 Å². The number of piperazine rings is 1. The molecule has 2 fully saturated rings. The number of hydrogen-bond donors (Lipinski definition) is 1. The van der Waals surface area contributed by atoms with Crippen molar-refractivity contribution in [3.05, 3.63) is 35.4 Å². The van der Waals surface area contributed by atoms with Gasteiger partial charge in [-0.25, -0.2) is 0 Å². The number of hydrogen-bond acceptors (Lipinski definition) is 3. The van der Waals surface area contributed by atoms with E-state index in [1.54, 1.807) is 0 Å². The molecule has 1 atom stereocenters. The monoisotopic (exact) mass is 315 g/mol. The van der Waals surface area contributed by atoms with Crippen LogP contribution < -0.4 is 5.32 Å². The summed E-state index contributed by atoms with van der Waals surface area (Å²) < 4.78 is 0. The maximum atomic E-state index is 12.5. The molecule has 5 nitrogen and oxygen atoms in total. The van der Waals surface area contributed by atoms with Crippen LogP contribution in [-0.2, 0) is 11.2 Å². The van der Waals surface area contributed by atoms with Gasteiger partial charge in [-0.3, -0.25) is 9.59 Å². The maximum absolute atomic E-state index is 12.5. The van der Waals surface area contributed by atoms with Gasteiger partial charge in [0.15, 0.2) is 0 Å². The zero-order valence-corrected chi connectivity index (χ0v) is 13.8. The van der Waals surface area contributed by atoms with Gasteiger partial charge in [0.05, 0.1) is 5.92 Å². The second-order valence-electron chi connectivity index (χ2n) is 6.36. The minimum Gasteiger partial charge on any atom is -0.339 e. The summed E-state index contributed by atoms with van der Waals surface area (Å²) in [5, 5.41) is 3.24. The van der Waals surface area contributed by atoms with Crippen molar-refractivity contribution in [3.63, 3.8) is 0 Å². The van der Waals surface area contributed by atoms with Crippen molar-refractivity contribution in [1.29, 1.82) is 0 Å². The third kappa shape index (κ3) is 3.55. The van der Waals surface area contributed by atoms with Crippen LogP contribution in [0.15, 0.2) is 24.3 Å². The normalized spacial score (nSPS) is 21.5. The summed E-state index contributed by atoms with van der Waals surface area (Å²) in [6.07, 6.45) is 1.91. The third-order valence-corrected chi connectivity index (χ3v) is 4.90. The first kappa shape index (κ1) is 16.0. The lowest BCUT2D eigenvalue weighted by molar-refractivity contribution is -0.136. The predicted octanol–water partition coefficient (Wildman–Crippen LogP) is 1.14. The van der Waals surface area contributed by atoms with Crippen LogP contribution in [-0.4, -0.2) is 60.9 Å². The Morgan fingerprint density at radius 3 is 2.30 bits per heavy atom. The Balaban J connectivity index is 1.55. The Labute approximate surface area is 137 Å². The van der Waals surface area contributed by atoms with E-state index in [0.29, 0.717) is 26.2 Å². The molecular formula is C18H25N3O2. The molecule has 2 aliphatic rings. The Morgan fingerprint density at radius 1 is 1.09 bits per heavy atom. The third-order valence-electron chi connectivity index (χ3n) is 4.90. The lowest BCUT2D eigenvalue weighted by Gasteiger charge is -2.36. The maximum Gasteiger partial charge on any atom is 0.253 e. The first-order valence-electron chi connectivity index (χ1n) is 8.56. The summed E-state index contributed by atoms with van der Waals surface area (Å²) in [7, 11) is 0. The smallest absolute Gasteiger partial charge is 0.253 e. The lowest BCUT2D eigenvalue weighted by Crippen LogP contribution is -2.52. The number of nitrogens with one attached hydrogen (secondary N) is 1. The molecule has 0 aromatic heterocycles. The Morgan fingerprint density at radius 2 is 1.74 bits per heavy atom. The minimum atomic E-state index is 0.0716. The topological polar surface area (TPSA) is 52.7 Å². The number of aryl methyl sites for hydroxylation is 1. The summed E-state index contributed by atoms with van der Waals surface area (Å²) in [6, 6.07) is 7.84. The lowest BCUT2D eigenvalue weighted by atomic mass is 10.1. The fourth-order valence-corrected chi connectivity index (χ4v) is 3.32. The molecule has 1 aromatic carbocycles. The van der Waals surface area contributed by atoms with Crippen molar-refractivity contribution < 1.29 is 9.59 Å². The van der Waals surface area contributed by atoms with Crippen molar-refractivity contribution in [2.75, 3.05) is 39.3 Å². The largest absolute Gasteiger partial charge is 0.339 e. The molecule has 0 bridgehead atoms. The Kier molecular flexibility index (Phi) is 4.96. The highest BCUT2D eigenvalue weighted by Gasteiger charge is 2.30. The standard InChI is InChI=1S/C18H25N3O2/c1-2-14-3-5-15(6-4-14)17(22)20-9-11-21(12-10-20)18(23)16-7-8-19-13-16/h3-6,16,19H,2,7-13H2,1H3. The summed E-state index contributed by atoms with van der Waals surface area (Å²) in [5.74, 6) is 0.440. The predicted molar refractivity (Wildman–Crippen MR) is 89.3 cm³/mol. The highest BCUT2D eigenvalue weighted by atomic mass is 16.2. The average molecular weight is 315 g/mol. The molecule has 2 heterocycles. The molecule has 23 heavy (non-hydrogen) atoms. The second kappa shape index (κ2) is 7.13. The second-order valence-corrected chi connectivity index (χ2v) is 6.36. The van der Waals surface area contributed by atoms with Crippen LogP contribution in [0.4, 0.5) is 0 Å². The molecular weight excluding hydrogens is 290 g/mol. The number of carbonyl (C=O) groups excluding carboxylic acids is 2. The van der Waals surface area contributed by atoms with E-state index in [4.69, 9.17) is 0 Å². The summed E-state index contributed by atoms with van der Waals surface area (Å²) in [6.45, 7) is 6.38. The van der Waals surface area contributed by atoms with Gasteiger partial charge in [-0.05, 0) is 37.1 Å². The van der Waals surface area contributed by atoms with Gasteiger partial charge in [0, 0.05) is 38.3 Å². The molecule has 2 saturated heterocycles. The molecule has 5 heteroatoms. The van der Waals surface area contributed by atoms with E-state index >= 15 is 0 Å². The molecule has 3 rings (SSSR count). The van der Waals surface area contributed by atoms with Crippen LogP contribution in [0.5, 0.6) is 0 Å². The van der Waals surface area contributed by atoms with Crippen LogP contribution in [0.1, 0.15) is 29.3 Å². The summed E-state index contributed by atoms with van der Waals surface area (Å²) >= 11 is 0. The molecule has 1 N–H and O–H groups in total. The first-order valence-corrected chi connectivity index (χ1v) is 8.56. The molecule has 0 aliphatic carbocycles. The first-order chi connectivity index (χ1) is 11.2. The fourth-order valence-electron chi connectivity index (χ4n) is 3.32. The Hall–Kier alpha value is -1.88.